The molecule has 2 aliphatic heterocycles. The number of carbonyl (C=O) groups excluding carboxylic acids is 1. The summed E-state index contributed by atoms with van der Waals surface area (Å²) in [7, 11) is 0. The molecule has 1 unspecified atom stereocenters. The van der Waals surface area contributed by atoms with Crippen LogP contribution in [0, 0.1) is 12.3 Å². The Kier molecular flexibility index (Phi) is 3.96. The molecule has 2 fully saturated rings. The normalized spacial score (nSPS) is 23.9. The van der Waals surface area contributed by atoms with Crippen molar-refractivity contribution in [1.29, 1.82) is 0 Å². The molecule has 24 heavy (non-hydrogen) atoms. The Bertz CT molecular complexity index is 717. The number of aromatic nitrogens is 3. The molecule has 1 amide bonds. The molecular formula is C17H21N5OS. The number of piperidine rings is 1. The van der Waals surface area contributed by atoms with Gasteiger partial charge in [0.2, 0.25) is 5.95 Å². The molecule has 0 N–H and O–H groups in total. The van der Waals surface area contributed by atoms with E-state index < -0.39 is 0 Å². The fourth-order valence-electron chi connectivity index (χ4n) is 3.85. The van der Waals surface area contributed by atoms with Gasteiger partial charge in [-0.05, 0) is 31.7 Å². The first-order chi connectivity index (χ1) is 11.7. The summed E-state index contributed by atoms with van der Waals surface area (Å²) in [5, 5.41) is 1.84. The van der Waals surface area contributed by atoms with Gasteiger partial charge in [-0.15, -0.1) is 11.3 Å². The summed E-state index contributed by atoms with van der Waals surface area (Å²) in [4.78, 5) is 30.0. The van der Waals surface area contributed by atoms with Gasteiger partial charge in [-0.3, -0.25) is 4.79 Å². The van der Waals surface area contributed by atoms with E-state index in [0.717, 1.165) is 57.0 Å². The molecule has 7 heteroatoms. The smallest absolute Gasteiger partial charge is 0.273 e. The zero-order valence-electron chi connectivity index (χ0n) is 13.8. The van der Waals surface area contributed by atoms with E-state index >= 15 is 0 Å². The van der Waals surface area contributed by atoms with Gasteiger partial charge in [-0.1, -0.05) is 0 Å². The standard InChI is InChI=1S/C17H21N5OS/c1-13-7-18-16(19-8-13)22-6-4-17(11-22)3-2-5-21(10-17)15(23)14-9-24-12-20-14/h7-9,12H,2-6,10-11H2,1H3. The average Bonchev–Trinajstić information content (AvgIpc) is 3.26. The minimum atomic E-state index is 0.0698. The van der Waals surface area contributed by atoms with Gasteiger partial charge in [0.1, 0.15) is 5.69 Å². The predicted molar refractivity (Wildman–Crippen MR) is 93.3 cm³/mol. The van der Waals surface area contributed by atoms with E-state index in [1.165, 1.54) is 11.3 Å². The van der Waals surface area contributed by atoms with Gasteiger partial charge in [0.15, 0.2) is 0 Å². The molecule has 4 rings (SSSR count). The van der Waals surface area contributed by atoms with Crippen LogP contribution in [-0.2, 0) is 0 Å². The van der Waals surface area contributed by atoms with Crippen molar-refractivity contribution in [3.63, 3.8) is 0 Å². The summed E-state index contributed by atoms with van der Waals surface area (Å²) in [6.45, 7) is 5.53. The third kappa shape index (κ3) is 2.88. The SMILES string of the molecule is Cc1cnc(N2CCC3(CCCN(C(=O)c4cscn4)C3)C2)nc1. The van der Waals surface area contributed by atoms with E-state index in [1.54, 1.807) is 5.51 Å². The van der Waals surface area contributed by atoms with Crippen molar-refractivity contribution in [3.8, 4) is 0 Å². The first kappa shape index (κ1) is 15.5. The Morgan fingerprint density at radius 2 is 2.00 bits per heavy atom. The molecule has 0 aromatic carbocycles. The number of likely N-dealkylation sites (tertiary alicyclic amines) is 1. The summed E-state index contributed by atoms with van der Waals surface area (Å²) in [6, 6.07) is 0. The minimum Gasteiger partial charge on any atom is -0.340 e. The Morgan fingerprint density at radius 1 is 1.17 bits per heavy atom. The zero-order chi connectivity index (χ0) is 16.6. The van der Waals surface area contributed by atoms with E-state index in [4.69, 9.17) is 0 Å². The maximum Gasteiger partial charge on any atom is 0.273 e. The van der Waals surface area contributed by atoms with Crippen molar-refractivity contribution in [2.24, 2.45) is 5.41 Å². The second-order valence-corrected chi connectivity index (χ2v) is 7.65. The summed E-state index contributed by atoms with van der Waals surface area (Å²) >= 11 is 1.47. The van der Waals surface area contributed by atoms with Gasteiger partial charge >= 0.3 is 0 Å². The van der Waals surface area contributed by atoms with Crippen LogP contribution in [0.3, 0.4) is 0 Å². The zero-order valence-corrected chi connectivity index (χ0v) is 14.6. The lowest BCUT2D eigenvalue weighted by Crippen LogP contribution is -2.47. The first-order valence-corrected chi connectivity index (χ1v) is 9.31. The Morgan fingerprint density at radius 3 is 2.75 bits per heavy atom. The van der Waals surface area contributed by atoms with Crippen LogP contribution in [0.5, 0.6) is 0 Å². The molecule has 2 aliphatic rings. The lowest BCUT2D eigenvalue weighted by Gasteiger charge is -2.40. The summed E-state index contributed by atoms with van der Waals surface area (Å²) in [6.07, 6.45) is 7.04. The molecule has 6 nitrogen and oxygen atoms in total. The number of anilines is 1. The highest BCUT2D eigenvalue weighted by Gasteiger charge is 2.43. The van der Waals surface area contributed by atoms with E-state index in [-0.39, 0.29) is 11.3 Å². The third-order valence-electron chi connectivity index (χ3n) is 5.09. The van der Waals surface area contributed by atoms with Gasteiger partial charge in [-0.2, -0.15) is 0 Å². The highest BCUT2D eigenvalue weighted by Crippen LogP contribution is 2.40. The molecule has 2 saturated heterocycles. The highest BCUT2D eigenvalue weighted by molar-refractivity contribution is 7.07. The second-order valence-electron chi connectivity index (χ2n) is 6.94. The maximum absolute atomic E-state index is 12.6. The molecule has 0 saturated carbocycles. The van der Waals surface area contributed by atoms with E-state index in [0.29, 0.717) is 5.69 Å². The largest absolute Gasteiger partial charge is 0.340 e. The number of nitrogens with zero attached hydrogens (tertiary/aromatic N) is 5. The lowest BCUT2D eigenvalue weighted by atomic mass is 9.79. The quantitative estimate of drug-likeness (QED) is 0.838. The topological polar surface area (TPSA) is 62.2 Å². The van der Waals surface area contributed by atoms with Crippen LogP contribution >= 0.6 is 11.3 Å². The van der Waals surface area contributed by atoms with Crippen LogP contribution in [0.15, 0.2) is 23.3 Å². The van der Waals surface area contributed by atoms with Crippen molar-refractivity contribution in [1.82, 2.24) is 19.9 Å². The molecule has 1 spiro atoms. The summed E-state index contributed by atoms with van der Waals surface area (Å²) in [5.41, 5.74) is 3.54. The predicted octanol–water partition coefficient (Wildman–Crippen LogP) is 2.37. The van der Waals surface area contributed by atoms with Crippen LogP contribution < -0.4 is 4.90 Å². The highest BCUT2D eigenvalue weighted by atomic mass is 32.1. The van der Waals surface area contributed by atoms with Gasteiger partial charge < -0.3 is 9.80 Å². The fourth-order valence-corrected chi connectivity index (χ4v) is 4.38. The van der Waals surface area contributed by atoms with Crippen LogP contribution in [0.1, 0.15) is 35.3 Å². The van der Waals surface area contributed by atoms with Gasteiger partial charge in [-0.25, -0.2) is 15.0 Å². The van der Waals surface area contributed by atoms with Crippen molar-refractivity contribution >= 4 is 23.2 Å². The average molecular weight is 343 g/mol. The number of aryl methyl sites for hydroxylation is 1. The Balaban J connectivity index is 1.47. The fraction of sp³-hybridized carbons (Fsp3) is 0.529. The van der Waals surface area contributed by atoms with Crippen LogP contribution in [0.4, 0.5) is 5.95 Å². The van der Waals surface area contributed by atoms with Gasteiger partial charge in [0.05, 0.1) is 5.51 Å². The molecule has 2 aromatic rings. The number of carbonyl (C=O) groups is 1. The number of hydrogen-bond acceptors (Lipinski definition) is 6. The second kappa shape index (κ2) is 6.12. The van der Waals surface area contributed by atoms with E-state index in [1.807, 2.05) is 29.6 Å². The Labute approximate surface area is 145 Å². The summed E-state index contributed by atoms with van der Waals surface area (Å²) in [5.74, 6) is 0.876. The van der Waals surface area contributed by atoms with Crippen LogP contribution in [-0.4, -0.2) is 51.9 Å². The molecule has 2 aromatic heterocycles. The van der Waals surface area contributed by atoms with Crippen molar-refractivity contribution in [2.75, 3.05) is 31.1 Å². The maximum atomic E-state index is 12.6. The number of amides is 1. The monoisotopic (exact) mass is 343 g/mol. The van der Waals surface area contributed by atoms with Crippen molar-refractivity contribution in [3.05, 3.63) is 34.5 Å². The van der Waals surface area contributed by atoms with Crippen molar-refractivity contribution in [2.45, 2.75) is 26.2 Å². The summed E-state index contributed by atoms with van der Waals surface area (Å²) < 4.78 is 0. The molecule has 0 bridgehead atoms. The van der Waals surface area contributed by atoms with E-state index in [9.17, 15) is 4.79 Å². The van der Waals surface area contributed by atoms with Crippen LogP contribution in [0.25, 0.3) is 0 Å². The molecular weight excluding hydrogens is 322 g/mol. The third-order valence-corrected chi connectivity index (χ3v) is 5.68. The molecule has 126 valence electrons. The first-order valence-electron chi connectivity index (χ1n) is 8.36. The van der Waals surface area contributed by atoms with Crippen LogP contribution in [0.2, 0.25) is 0 Å². The van der Waals surface area contributed by atoms with Crippen molar-refractivity contribution < 1.29 is 4.79 Å². The van der Waals surface area contributed by atoms with E-state index in [2.05, 4.69) is 19.9 Å². The molecule has 1 atom stereocenters. The lowest BCUT2D eigenvalue weighted by molar-refractivity contribution is 0.0551. The minimum absolute atomic E-state index is 0.0698. The number of thiazole rings is 1. The van der Waals surface area contributed by atoms with Gasteiger partial charge in [0.25, 0.3) is 5.91 Å². The molecule has 0 radical (unpaired) electrons. The molecule has 4 heterocycles. The molecule has 0 aliphatic carbocycles. The Hall–Kier alpha value is -2.02. The number of hydrogen-bond donors (Lipinski definition) is 0. The van der Waals surface area contributed by atoms with Gasteiger partial charge in [0, 0.05) is 49.4 Å². The number of rotatable bonds is 2.